The van der Waals surface area contributed by atoms with Crippen LogP contribution < -0.4 is 10.7 Å². The molecule has 3 N–H and O–H groups in total. The average molecular weight is 439 g/mol. The maximum atomic E-state index is 13.2. The molecule has 0 spiro atoms. The van der Waals surface area contributed by atoms with Gasteiger partial charge in [-0.25, -0.2) is 9.97 Å². The van der Waals surface area contributed by atoms with Crippen LogP contribution in [0.1, 0.15) is 41.8 Å². The van der Waals surface area contributed by atoms with Crippen molar-refractivity contribution in [2.75, 3.05) is 18.5 Å². The van der Waals surface area contributed by atoms with Crippen LogP contribution >= 0.6 is 0 Å². The summed E-state index contributed by atoms with van der Waals surface area (Å²) in [6, 6.07) is 3.91. The van der Waals surface area contributed by atoms with E-state index < -0.39 is 11.7 Å². The van der Waals surface area contributed by atoms with Gasteiger partial charge < -0.3 is 10.4 Å². The smallest absolute Gasteiger partial charge is 0.394 e. The van der Waals surface area contributed by atoms with Crippen LogP contribution in [0.4, 0.5) is 19.1 Å². The Morgan fingerprint density at radius 1 is 1.35 bits per heavy atom. The molecular weight excluding hydrogens is 413 g/mol. The van der Waals surface area contributed by atoms with Gasteiger partial charge in [0.05, 0.1) is 29.3 Å². The second kappa shape index (κ2) is 9.46. The number of alkyl halides is 3. The number of nitrogens with zero attached hydrogens (tertiary/aromatic N) is 4. The van der Waals surface area contributed by atoms with Crippen LogP contribution in [0.2, 0.25) is 0 Å². The Hall–Kier alpha value is -2.95. The van der Waals surface area contributed by atoms with E-state index in [0.29, 0.717) is 35.1 Å². The Morgan fingerprint density at radius 2 is 2.13 bits per heavy atom. The highest BCUT2D eigenvalue weighted by molar-refractivity contribution is 5.34. The van der Waals surface area contributed by atoms with E-state index >= 15 is 0 Å². The van der Waals surface area contributed by atoms with Gasteiger partial charge in [0, 0.05) is 12.2 Å². The molecular formula is C20H26F3N6O2+. The lowest BCUT2D eigenvalue weighted by molar-refractivity contribution is -0.759. The summed E-state index contributed by atoms with van der Waals surface area (Å²) in [6.07, 6.45) is -1.90. The van der Waals surface area contributed by atoms with Gasteiger partial charge in [0.2, 0.25) is 10.9 Å². The van der Waals surface area contributed by atoms with Crippen LogP contribution in [0.5, 0.6) is 0 Å². The lowest BCUT2D eigenvalue weighted by Gasteiger charge is -2.22. The Balaban J connectivity index is 1.64. The minimum absolute atomic E-state index is 0.0372. The second-order valence-corrected chi connectivity index (χ2v) is 7.48. The SMILES string of the molecule is CCc1ccc(CN[N+](=O)N2CCc3cnc(NC(C)CO)nc3C2)cc1C(F)(F)F. The van der Waals surface area contributed by atoms with Gasteiger partial charge >= 0.3 is 6.18 Å². The van der Waals surface area contributed by atoms with Gasteiger partial charge in [0.1, 0.15) is 13.1 Å². The van der Waals surface area contributed by atoms with Crippen molar-refractivity contribution >= 4 is 5.95 Å². The highest BCUT2D eigenvalue weighted by atomic mass is 19.4. The van der Waals surface area contributed by atoms with E-state index in [1.165, 1.54) is 11.1 Å². The second-order valence-electron chi connectivity index (χ2n) is 7.48. The number of aromatic nitrogens is 2. The predicted octanol–water partition coefficient (Wildman–Crippen LogP) is 2.61. The molecule has 0 fully saturated rings. The number of hydrazine groups is 2. The topological polar surface area (TPSA) is 93.4 Å². The summed E-state index contributed by atoms with van der Waals surface area (Å²) in [6.45, 7) is 4.01. The normalized spacial score (nSPS) is 14.7. The molecule has 8 nitrogen and oxygen atoms in total. The molecule has 1 aromatic carbocycles. The van der Waals surface area contributed by atoms with Crippen LogP contribution in [-0.2, 0) is 32.1 Å². The Kier molecular flexibility index (Phi) is 6.94. The number of fused-ring (bicyclic) bond motifs is 1. The summed E-state index contributed by atoms with van der Waals surface area (Å²) < 4.78 is 39.7. The van der Waals surface area contributed by atoms with Crippen molar-refractivity contribution in [2.24, 2.45) is 0 Å². The number of nitroso groups, excluding NO2 is 1. The lowest BCUT2D eigenvalue weighted by Crippen LogP contribution is -2.44. The van der Waals surface area contributed by atoms with Crippen molar-refractivity contribution < 1.29 is 23.3 Å². The van der Waals surface area contributed by atoms with Crippen LogP contribution in [0.3, 0.4) is 0 Å². The highest BCUT2D eigenvalue weighted by Gasteiger charge is 2.33. The first-order valence-electron chi connectivity index (χ1n) is 10.1. The van der Waals surface area contributed by atoms with E-state index in [9.17, 15) is 18.1 Å². The number of anilines is 1. The molecule has 1 aromatic heterocycles. The number of rotatable bonds is 8. The van der Waals surface area contributed by atoms with Gasteiger partial charge in [0.15, 0.2) is 0 Å². The van der Waals surface area contributed by atoms with Crippen LogP contribution in [-0.4, -0.2) is 44.3 Å². The third-order valence-corrected chi connectivity index (χ3v) is 5.11. The van der Waals surface area contributed by atoms with Crippen molar-refractivity contribution in [3.63, 3.8) is 0 Å². The molecule has 1 unspecified atom stereocenters. The molecule has 1 atom stereocenters. The molecule has 0 saturated heterocycles. The number of hydrogen-bond donors (Lipinski definition) is 3. The third-order valence-electron chi connectivity index (χ3n) is 5.11. The summed E-state index contributed by atoms with van der Waals surface area (Å²) in [5.74, 6) is 0.364. The number of aryl methyl sites for hydroxylation is 1. The zero-order valence-corrected chi connectivity index (χ0v) is 17.4. The zero-order chi connectivity index (χ0) is 22.6. The van der Waals surface area contributed by atoms with Crippen LogP contribution in [0.25, 0.3) is 0 Å². The van der Waals surface area contributed by atoms with Gasteiger partial charge in [-0.15, -0.1) is 10.4 Å². The molecule has 2 heterocycles. The van der Waals surface area contributed by atoms with Crippen molar-refractivity contribution in [3.05, 3.63) is 57.3 Å². The van der Waals surface area contributed by atoms with E-state index in [-0.39, 0.29) is 37.7 Å². The summed E-state index contributed by atoms with van der Waals surface area (Å²) >= 11 is 0. The Morgan fingerprint density at radius 3 is 2.81 bits per heavy atom. The minimum Gasteiger partial charge on any atom is -0.394 e. The summed E-state index contributed by atoms with van der Waals surface area (Å²) in [5.41, 5.74) is 4.15. The van der Waals surface area contributed by atoms with Gasteiger partial charge in [-0.3, -0.25) is 0 Å². The fourth-order valence-electron chi connectivity index (χ4n) is 3.34. The highest BCUT2D eigenvalue weighted by Crippen LogP contribution is 2.33. The average Bonchev–Trinajstić information content (AvgIpc) is 2.76. The van der Waals surface area contributed by atoms with E-state index in [4.69, 9.17) is 5.11 Å². The summed E-state index contributed by atoms with van der Waals surface area (Å²) in [4.78, 5) is 21.7. The van der Waals surface area contributed by atoms with Crippen LogP contribution in [0, 0.1) is 4.91 Å². The lowest BCUT2D eigenvalue weighted by atomic mass is 10.0. The molecule has 2 aromatic rings. The summed E-state index contributed by atoms with van der Waals surface area (Å²) in [5, 5.41) is 13.6. The number of aliphatic hydroxyl groups excluding tert-OH is 1. The Labute approximate surface area is 178 Å². The molecule has 0 amide bonds. The largest absolute Gasteiger partial charge is 0.416 e. The zero-order valence-electron chi connectivity index (χ0n) is 17.4. The fourth-order valence-corrected chi connectivity index (χ4v) is 3.34. The quantitative estimate of drug-likeness (QED) is 0.430. The van der Waals surface area contributed by atoms with Gasteiger partial charge in [-0.1, -0.05) is 19.1 Å². The van der Waals surface area contributed by atoms with Crippen molar-refractivity contribution in [1.82, 2.24) is 20.4 Å². The number of hydrogen-bond acceptors (Lipinski definition) is 5. The molecule has 31 heavy (non-hydrogen) atoms. The van der Waals surface area contributed by atoms with Crippen molar-refractivity contribution in [3.8, 4) is 0 Å². The van der Waals surface area contributed by atoms with Gasteiger partial charge in [-0.05, 0) is 42.5 Å². The van der Waals surface area contributed by atoms with E-state index in [1.807, 2.05) is 0 Å². The predicted molar refractivity (Wildman–Crippen MR) is 108 cm³/mol. The molecule has 1 aliphatic rings. The van der Waals surface area contributed by atoms with E-state index in [2.05, 4.69) is 20.7 Å². The monoisotopic (exact) mass is 439 g/mol. The van der Waals surface area contributed by atoms with Gasteiger partial charge in [0.25, 0.3) is 0 Å². The first-order chi connectivity index (χ1) is 14.7. The molecule has 0 radical (unpaired) electrons. The van der Waals surface area contributed by atoms with Crippen molar-refractivity contribution in [1.29, 1.82) is 0 Å². The number of aliphatic hydroxyl groups is 1. The number of benzene rings is 1. The molecule has 3 rings (SSSR count). The molecule has 0 aliphatic carbocycles. The van der Waals surface area contributed by atoms with Crippen LogP contribution in [0.15, 0.2) is 24.4 Å². The number of nitrogens with one attached hydrogen (secondary N) is 2. The standard InChI is InChI=1S/C20H26F3N6O2/c1-3-15-5-4-14(8-17(15)20(21,22)23)9-25-29(31)28-7-6-16-10-24-19(26-13(2)12-30)27-18(16)11-28/h4-5,8,10,13,30H,3,6-7,9,11-12H2,1-2H3,(H,25,31)(H,24,26,27)/q+1. The maximum absolute atomic E-state index is 13.2. The Bertz CT molecular complexity index is 938. The minimum atomic E-state index is -4.44. The molecule has 0 bridgehead atoms. The molecule has 168 valence electrons. The third kappa shape index (κ3) is 5.60. The van der Waals surface area contributed by atoms with Crippen molar-refractivity contribution in [2.45, 2.75) is 52.0 Å². The molecule has 0 saturated carbocycles. The molecule has 1 aliphatic heterocycles. The first kappa shape index (κ1) is 22.7. The van der Waals surface area contributed by atoms with Gasteiger partial charge in [-0.2, -0.15) is 13.2 Å². The number of halogens is 3. The van der Waals surface area contributed by atoms with E-state index in [0.717, 1.165) is 11.6 Å². The first-order valence-corrected chi connectivity index (χ1v) is 10.1. The maximum Gasteiger partial charge on any atom is 0.416 e. The molecule has 11 heteroatoms. The fraction of sp³-hybridized carbons (Fsp3) is 0.500. The van der Waals surface area contributed by atoms with E-state index in [1.54, 1.807) is 26.1 Å². The summed E-state index contributed by atoms with van der Waals surface area (Å²) in [7, 11) is 0.